The summed E-state index contributed by atoms with van der Waals surface area (Å²) >= 11 is 0. The van der Waals surface area contributed by atoms with E-state index in [9.17, 15) is 4.79 Å². The summed E-state index contributed by atoms with van der Waals surface area (Å²) in [5.74, 6) is -0.264. The first-order valence-electron chi connectivity index (χ1n) is 4.76. The molecule has 0 aromatic carbocycles. The first-order valence-corrected chi connectivity index (χ1v) is 4.76. The molecule has 0 unspecified atom stereocenters. The molecular formula is C12H16O2. The van der Waals surface area contributed by atoms with E-state index in [1.165, 1.54) is 0 Å². The molecule has 14 heavy (non-hydrogen) atoms. The van der Waals surface area contributed by atoms with Crippen molar-refractivity contribution in [3.63, 3.8) is 0 Å². The molecule has 2 nitrogen and oxygen atoms in total. The van der Waals surface area contributed by atoms with Gasteiger partial charge in [-0.05, 0) is 33.3 Å². The fourth-order valence-corrected chi connectivity index (χ4v) is 1.05. The fraction of sp³-hybridized carbons (Fsp3) is 0.417. The van der Waals surface area contributed by atoms with E-state index >= 15 is 0 Å². The van der Waals surface area contributed by atoms with E-state index in [-0.39, 0.29) is 5.97 Å². The lowest BCUT2D eigenvalue weighted by atomic mass is 10.2. The molecule has 0 bridgehead atoms. The molecular weight excluding hydrogens is 176 g/mol. The Morgan fingerprint density at radius 1 is 1.36 bits per heavy atom. The second kappa shape index (κ2) is 4.27. The van der Waals surface area contributed by atoms with Gasteiger partial charge in [0.25, 0.3) is 0 Å². The zero-order chi connectivity index (χ0) is 10.6. The molecule has 0 aromatic rings. The van der Waals surface area contributed by atoms with Crippen molar-refractivity contribution in [1.29, 1.82) is 0 Å². The average Bonchev–Trinajstić information content (AvgIpc) is 2.27. The van der Waals surface area contributed by atoms with Crippen LogP contribution in [-0.4, -0.2) is 11.6 Å². The number of carbonyl (C=O) groups excluding carboxylic acids is 1. The Labute approximate surface area is 85.0 Å². The van der Waals surface area contributed by atoms with E-state index in [4.69, 9.17) is 4.74 Å². The van der Waals surface area contributed by atoms with E-state index in [1.54, 1.807) is 12.2 Å². The van der Waals surface area contributed by atoms with Gasteiger partial charge in [0.05, 0.1) is 5.57 Å². The van der Waals surface area contributed by atoms with Crippen molar-refractivity contribution in [3.8, 4) is 0 Å². The molecule has 76 valence electrons. The number of allylic oxidation sites excluding steroid dienone is 4. The standard InChI is InChI=1S/C12H16O2/c1-12(2,3)14-11(13)10-8-6-4-5-7-9-10/h4,6-9H,5H2,1-3H3. The third-order valence-electron chi connectivity index (χ3n) is 1.62. The Hall–Kier alpha value is -1.31. The van der Waals surface area contributed by atoms with Crippen LogP contribution in [0.1, 0.15) is 27.2 Å². The van der Waals surface area contributed by atoms with Gasteiger partial charge in [0.15, 0.2) is 0 Å². The monoisotopic (exact) mass is 192 g/mol. The van der Waals surface area contributed by atoms with Crippen molar-refractivity contribution in [2.45, 2.75) is 32.8 Å². The fourth-order valence-electron chi connectivity index (χ4n) is 1.05. The first-order chi connectivity index (χ1) is 6.49. The van der Waals surface area contributed by atoms with Gasteiger partial charge in [-0.15, -0.1) is 0 Å². The van der Waals surface area contributed by atoms with Crippen LogP contribution in [0.15, 0.2) is 36.0 Å². The maximum absolute atomic E-state index is 11.6. The number of esters is 1. The summed E-state index contributed by atoms with van der Waals surface area (Å²) < 4.78 is 5.24. The minimum atomic E-state index is -0.429. The molecule has 0 spiro atoms. The summed E-state index contributed by atoms with van der Waals surface area (Å²) in [6, 6.07) is 0. The lowest BCUT2D eigenvalue weighted by Crippen LogP contribution is -2.24. The van der Waals surface area contributed by atoms with Gasteiger partial charge in [-0.1, -0.05) is 24.3 Å². The largest absolute Gasteiger partial charge is 0.456 e. The molecule has 0 saturated heterocycles. The summed E-state index contributed by atoms with van der Waals surface area (Å²) in [6.07, 6.45) is 10.3. The second-order valence-corrected chi connectivity index (χ2v) is 4.19. The van der Waals surface area contributed by atoms with E-state index in [2.05, 4.69) is 0 Å². The summed E-state index contributed by atoms with van der Waals surface area (Å²) in [7, 11) is 0. The van der Waals surface area contributed by atoms with Crippen LogP contribution in [0.25, 0.3) is 0 Å². The van der Waals surface area contributed by atoms with Crippen molar-refractivity contribution in [1.82, 2.24) is 0 Å². The highest BCUT2D eigenvalue weighted by Gasteiger charge is 2.18. The van der Waals surface area contributed by atoms with E-state index in [1.807, 2.05) is 39.0 Å². The normalized spacial score (nSPS) is 16.1. The molecule has 1 aliphatic carbocycles. The van der Waals surface area contributed by atoms with Crippen LogP contribution >= 0.6 is 0 Å². The molecule has 0 amide bonds. The summed E-state index contributed by atoms with van der Waals surface area (Å²) in [4.78, 5) is 11.6. The first kappa shape index (κ1) is 10.8. The predicted molar refractivity (Wildman–Crippen MR) is 56.8 cm³/mol. The highest BCUT2D eigenvalue weighted by atomic mass is 16.6. The Bertz CT molecular complexity index is 301. The Morgan fingerprint density at radius 3 is 2.71 bits per heavy atom. The third kappa shape index (κ3) is 3.60. The van der Waals surface area contributed by atoms with Crippen molar-refractivity contribution in [2.75, 3.05) is 0 Å². The molecule has 1 aliphatic rings. The van der Waals surface area contributed by atoms with Crippen molar-refractivity contribution in [2.24, 2.45) is 0 Å². The molecule has 0 fully saturated rings. The maximum Gasteiger partial charge on any atom is 0.338 e. The van der Waals surface area contributed by atoms with Crippen LogP contribution in [-0.2, 0) is 9.53 Å². The molecule has 0 atom stereocenters. The molecule has 2 heteroatoms. The highest BCUT2D eigenvalue weighted by Crippen LogP contribution is 2.13. The van der Waals surface area contributed by atoms with Gasteiger partial charge in [0, 0.05) is 0 Å². The van der Waals surface area contributed by atoms with Gasteiger partial charge in [-0.25, -0.2) is 4.79 Å². The molecule has 0 aliphatic heterocycles. The molecule has 0 radical (unpaired) electrons. The molecule has 0 aromatic heterocycles. The lowest BCUT2D eigenvalue weighted by Gasteiger charge is -2.19. The predicted octanol–water partition coefficient (Wildman–Crippen LogP) is 2.77. The minimum Gasteiger partial charge on any atom is -0.456 e. The van der Waals surface area contributed by atoms with Gasteiger partial charge < -0.3 is 4.74 Å². The minimum absolute atomic E-state index is 0.264. The Balaban J connectivity index is 2.69. The second-order valence-electron chi connectivity index (χ2n) is 4.19. The van der Waals surface area contributed by atoms with Gasteiger partial charge in [0.1, 0.15) is 5.60 Å². The van der Waals surface area contributed by atoms with Gasteiger partial charge >= 0.3 is 5.97 Å². The average molecular weight is 192 g/mol. The Kier molecular flexibility index (Phi) is 3.28. The molecule has 0 saturated carbocycles. The van der Waals surface area contributed by atoms with Gasteiger partial charge in [0.2, 0.25) is 0 Å². The summed E-state index contributed by atoms with van der Waals surface area (Å²) in [6.45, 7) is 5.59. The van der Waals surface area contributed by atoms with E-state index in [0.29, 0.717) is 5.57 Å². The topological polar surface area (TPSA) is 26.3 Å². The smallest absolute Gasteiger partial charge is 0.338 e. The number of ether oxygens (including phenoxy) is 1. The zero-order valence-electron chi connectivity index (χ0n) is 8.91. The SMILES string of the molecule is CC(C)(C)OC(=O)C1=CC=CCC=C1. The van der Waals surface area contributed by atoms with Crippen molar-refractivity contribution in [3.05, 3.63) is 36.0 Å². The maximum atomic E-state index is 11.6. The Morgan fingerprint density at radius 2 is 2.07 bits per heavy atom. The van der Waals surface area contributed by atoms with Gasteiger partial charge in [-0.2, -0.15) is 0 Å². The molecule has 0 N–H and O–H groups in total. The summed E-state index contributed by atoms with van der Waals surface area (Å²) in [5.41, 5.74) is 0.176. The third-order valence-corrected chi connectivity index (χ3v) is 1.62. The van der Waals surface area contributed by atoms with Crippen molar-refractivity contribution < 1.29 is 9.53 Å². The van der Waals surface area contributed by atoms with Gasteiger partial charge in [-0.3, -0.25) is 0 Å². The van der Waals surface area contributed by atoms with Crippen LogP contribution in [0.3, 0.4) is 0 Å². The number of rotatable bonds is 1. The van der Waals surface area contributed by atoms with Crippen LogP contribution in [0.2, 0.25) is 0 Å². The molecule has 1 rings (SSSR count). The van der Waals surface area contributed by atoms with E-state index in [0.717, 1.165) is 6.42 Å². The van der Waals surface area contributed by atoms with Crippen molar-refractivity contribution >= 4 is 5.97 Å². The van der Waals surface area contributed by atoms with Crippen LogP contribution in [0, 0.1) is 0 Å². The molecule has 0 heterocycles. The number of hydrogen-bond donors (Lipinski definition) is 0. The van der Waals surface area contributed by atoms with Crippen LogP contribution in [0.5, 0.6) is 0 Å². The summed E-state index contributed by atoms with van der Waals surface area (Å²) in [5, 5.41) is 0. The lowest BCUT2D eigenvalue weighted by molar-refractivity contribution is -0.149. The van der Waals surface area contributed by atoms with Crippen LogP contribution in [0.4, 0.5) is 0 Å². The number of hydrogen-bond acceptors (Lipinski definition) is 2. The van der Waals surface area contributed by atoms with E-state index < -0.39 is 5.60 Å². The number of carbonyl (C=O) groups is 1. The highest BCUT2D eigenvalue weighted by molar-refractivity contribution is 5.92. The zero-order valence-corrected chi connectivity index (χ0v) is 8.91. The van der Waals surface area contributed by atoms with Crippen LogP contribution < -0.4 is 0 Å². The quantitative estimate of drug-likeness (QED) is 0.597.